The minimum absolute atomic E-state index is 0.00549. The first-order chi connectivity index (χ1) is 14.4. The fourth-order valence-electron chi connectivity index (χ4n) is 4.83. The summed E-state index contributed by atoms with van der Waals surface area (Å²) in [7, 11) is 0. The van der Waals surface area contributed by atoms with Gasteiger partial charge in [0.2, 0.25) is 11.8 Å². The van der Waals surface area contributed by atoms with Gasteiger partial charge in [-0.3, -0.25) is 9.59 Å². The molecule has 2 fully saturated rings. The third kappa shape index (κ3) is 3.22. The van der Waals surface area contributed by atoms with Crippen molar-refractivity contribution in [2.45, 2.75) is 31.7 Å². The van der Waals surface area contributed by atoms with Crippen LogP contribution in [0.2, 0.25) is 5.02 Å². The second-order valence-electron chi connectivity index (χ2n) is 8.42. The Hall–Kier alpha value is -2.63. The van der Waals surface area contributed by atoms with Crippen LogP contribution in [0.25, 0.3) is 0 Å². The van der Waals surface area contributed by atoms with Gasteiger partial charge >= 0.3 is 0 Å². The quantitative estimate of drug-likeness (QED) is 0.752. The van der Waals surface area contributed by atoms with Crippen molar-refractivity contribution in [2.24, 2.45) is 11.8 Å². The van der Waals surface area contributed by atoms with E-state index >= 15 is 0 Å². The van der Waals surface area contributed by atoms with E-state index in [1.54, 1.807) is 12.1 Å². The number of rotatable bonds is 5. The van der Waals surface area contributed by atoms with Gasteiger partial charge < -0.3 is 15.0 Å². The molecule has 2 bridgehead atoms. The topological polar surface area (TPSA) is 58.6 Å². The standard InChI is InChI=1S/C24H23ClN2O3/c1-15-2-4-17(5-3-15)13-27-14-24-11-10-19(30-24)20(21(24)23(27)29)22(28)26-12-16-6-8-18(25)9-7-16/h2-11,19-21H,12-14H2,1H3,(H,26,28)/t19?,20-,21+,24?/m1/s1. The normalized spacial score (nSPS) is 28.8. The van der Waals surface area contributed by atoms with Crippen molar-refractivity contribution in [1.82, 2.24) is 10.2 Å². The van der Waals surface area contributed by atoms with Crippen molar-refractivity contribution in [3.63, 3.8) is 0 Å². The van der Waals surface area contributed by atoms with Crippen molar-refractivity contribution in [3.8, 4) is 0 Å². The zero-order chi connectivity index (χ0) is 20.9. The number of nitrogens with one attached hydrogen (secondary N) is 1. The minimum Gasteiger partial charge on any atom is -0.360 e. The largest absolute Gasteiger partial charge is 0.360 e. The number of carbonyl (C=O) groups excluding carboxylic acids is 2. The van der Waals surface area contributed by atoms with Gasteiger partial charge in [0.05, 0.1) is 24.5 Å². The van der Waals surface area contributed by atoms with Gasteiger partial charge in [-0.1, -0.05) is 65.7 Å². The van der Waals surface area contributed by atoms with Gasteiger partial charge in [-0.2, -0.15) is 0 Å². The Labute approximate surface area is 180 Å². The smallest absolute Gasteiger partial charge is 0.230 e. The highest BCUT2D eigenvalue weighted by atomic mass is 35.5. The predicted molar refractivity (Wildman–Crippen MR) is 114 cm³/mol. The Morgan fingerprint density at radius 1 is 1.17 bits per heavy atom. The van der Waals surface area contributed by atoms with E-state index in [0.717, 1.165) is 11.1 Å². The average molecular weight is 423 g/mol. The van der Waals surface area contributed by atoms with Gasteiger partial charge in [-0.05, 0) is 30.2 Å². The second-order valence-corrected chi connectivity index (χ2v) is 8.86. The SMILES string of the molecule is Cc1ccc(CN2CC34C=CC(O3)[C@@H](C(=O)NCc3ccc(Cl)cc3)[C@H]4C2=O)cc1. The number of ether oxygens (including phenoxy) is 1. The zero-order valence-corrected chi connectivity index (χ0v) is 17.4. The number of halogens is 1. The van der Waals surface area contributed by atoms with E-state index in [2.05, 4.69) is 5.32 Å². The molecule has 1 spiro atoms. The fourth-order valence-corrected chi connectivity index (χ4v) is 4.96. The second kappa shape index (κ2) is 7.25. The molecular weight excluding hydrogens is 400 g/mol. The van der Waals surface area contributed by atoms with E-state index in [0.29, 0.717) is 24.7 Å². The lowest BCUT2D eigenvalue weighted by molar-refractivity contribution is -0.137. The molecule has 3 aliphatic heterocycles. The van der Waals surface area contributed by atoms with Crippen molar-refractivity contribution in [2.75, 3.05) is 6.54 Å². The first kappa shape index (κ1) is 19.3. The molecule has 2 amide bonds. The summed E-state index contributed by atoms with van der Waals surface area (Å²) < 4.78 is 6.19. The molecule has 2 unspecified atom stereocenters. The number of amides is 2. The van der Waals surface area contributed by atoms with E-state index in [-0.39, 0.29) is 17.9 Å². The van der Waals surface area contributed by atoms with E-state index in [4.69, 9.17) is 16.3 Å². The maximum Gasteiger partial charge on any atom is 0.230 e. The van der Waals surface area contributed by atoms with Crippen molar-refractivity contribution in [1.29, 1.82) is 0 Å². The molecule has 6 heteroatoms. The van der Waals surface area contributed by atoms with Gasteiger partial charge in [-0.15, -0.1) is 0 Å². The number of fused-ring (bicyclic) bond motifs is 1. The third-order valence-corrected chi connectivity index (χ3v) is 6.61. The molecule has 30 heavy (non-hydrogen) atoms. The lowest BCUT2D eigenvalue weighted by Gasteiger charge is -2.23. The predicted octanol–water partition coefficient (Wildman–Crippen LogP) is 3.25. The monoisotopic (exact) mass is 422 g/mol. The van der Waals surface area contributed by atoms with Crippen LogP contribution in [0.1, 0.15) is 16.7 Å². The van der Waals surface area contributed by atoms with Crippen LogP contribution in [0.4, 0.5) is 0 Å². The van der Waals surface area contributed by atoms with Crippen LogP contribution in [0.3, 0.4) is 0 Å². The van der Waals surface area contributed by atoms with Crippen LogP contribution in [0, 0.1) is 18.8 Å². The van der Waals surface area contributed by atoms with Crippen LogP contribution in [0.15, 0.2) is 60.7 Å². The lowest BCUT2D eigenvalue weighted by Crippen LogP contribution is -2.43. The van der Waals surface area contributed by atoms with Crippen molar-refractivity contribution < 1.29 is 14.3 Å². The van der Waals surface area contributed by atoms with Crippen molar-refractivity contribution in [3.05, 3.63) is 82.4 Å². The Morgan fingerprint density at radius 2 is 1.87 bits per heavy atom. The summed E-state index contributed by atoms with van der Waals surface area (Å²) in [5.41, 5.74) is 2.53. The molecule has 3 aliphatic rings. The molecule has 0 aliphatic carbocycles. The molecule has 0 aromatic heterocycles. The number of likely N-dealkylation sites (tertiary alicyclic amines) is 1. The van der Waals surface area contributed by atoms with Crippen LogP contribution >= 0.6 is 11.6 Å². The van der Waals surface area contributed by atoms with Crippen LogP contribution in [0.5, 0.6) is 0 Å². The van der Waals surface area contributed by atoms with Gasteiger partial charge in [-0.25, -0.2) is 0 Å². The maximum absolute atomic E-state index is 13.3. The number of benzene rings is 2. The molecule has 3 heterocycles. The van der Waals surface area contributed by atoms with Crippen LogP contribution in [-0.4, -0.2) is 35.0 Å². The van der Waals surface area contributed by atoms with Gasteiger partial charge in [0, 0.05) is 18.1 Å². The molecule has 154 valence electrons. The molecule has 2 aromatic carbocycles. The Morgan fingerprint density at radius 3 is 2.60 bits per heavy atom. The lowest BCUT2D eigenvalue weighted by atomic mass is 9.77. The highest BCUT2D eigenvalue weighted by Crippen LogP contribution is 2.52. The number of hydrogen-bond acceptors (Lipinski definition) is 3. The number of carbonyl (C=O) groups is 2. The molecule has 5 nitrogen and oxygen atoms in total. The molecule has 0 saturated carbocycles. The van der Waals surface area contributed by atoms with Crippen LogP contribution < -0.4 is 5.32 Å². The van der Waals surface area contributed by atoms with Gasteiger partial charge in [0.25, 0.3) is 0 Å². The molecule has 2 saturated heterocycles. The van der Waals surface area contributed by atoms with Gasteiger partial charge in [0.1, 0.15) is 5.60 Å². The molecule has 0 radical (unpaired) electrons. The maximum atomic E-state index is 13.3. The summed E-state index contributed by atoms with van der Waals surface area (Å²) in [5.74, 6) is -1.12. The number of aryl methyl sites for hydroxylation is 1. The first-order valence-electron chi connectivity index (χ1n) is 10.2. The summed E-state index contributed by atoms with van der Waals surface area (Å²) >= 11 is 5.92. The fraction of sp³-hybridized carbons (Fsp3) is 0.333. The summed E-state index contributed by atoms with van der Waals surface area (Å²) in [6.07, 6.45) is 3.58. The average Bonchev–Trinajstić information content (AvgIpc) is 3.37. The molecule has 4 atom stereocenters. The summed E-state index contributed by atoms with van der Waals surface area (Å²) in [6.45, 7) is 3.44. The van der Waals surface area contributed by atoms with E-state index < -0.39 is 17.4 Å². The third-order valence-electron chi connectivity index (χ3n) is 6.36. The highest BCUT2D eigenvalue weighted by Gasteiger charge is 2.66. The Bertz CT molecular complexity index is 1020. The van der Waals surface area contributed by atoms with E-state index in [1.165, 1.54) is 5.56 Å². The molecule has 2 aromatic rings. The number of hydrogen-bond donors (Lipinski definition) is 1. The minimum atomic E-state index is -0.686. The summed E-state index contributed by atoms with van der Waals surface area (Å²) in [4.78, 5) is 28.1. The number of nitrogens with zero attached hydrogens (tertiary/aromatic N) is 1. The Kier molecular flexibility index (Phi) is 4.68. The molecular formula is C24H23ClN2O3. The zero-order valence-electron chi connectivity index (χ0n) is 16.7. The van der Waals surface area contributed by atoms with E-state index in [9.17, 15) is 9.59 Å². The summed E-state index contributed by atoms with van der Waals surface area (Å²) in [5, 5.41) is 3.64. The van der Waals surface area contributed by atoms with Crippen LogP contribution in [-0.2, 0) is 27.4 Å². The Balaban J connectivity index is 1.31. The molecule has 1 N–H and O–H groups in total. The van der Waals surface area contributed by atoms with E-state index in [1.807, 2.05) is 60.4 Å². The first-order valence-corrected chi connectivity index (χ1v) is 10.6. The van der Waals surface area contributed by atoms with Gasteiger partial charge in [0.15, 0.2) is 0 Å². The highest BCUT2D eigenvalue weighted by molar-refractivity contribution is 6.30. The molecule has 5 rings (SSSR count). The summed E-state index contributed by atoms with van der Waals surface area (Å²) in [6, 6.07) is 15.5. The van der Waals surface area contributed by atoms with Crippen molar-refractivity contribution >= 4 is 23.4 Å².